The molecule has 3 aliphatic rings. The molecule has 8 heteroatoms. The number of carboxylic acid groups (broad SMARTS) is 1. The number of nitrogens with zero attached hydrogens (tertiary/aromatic N) is 2. The van der Waals surface area contributed by atoms with Gasteiger partial charge >= 0.3 is 5.97 Å². The van der Waals surface area contributed by atoms with Crippen LogP contribution in [0.2, 0.25) is 0 Å². The minimum atomic E-state index is -1.39. The van der Waals surface area contributed by atoms with Crippen molar-refractivity contribution < 1.29 is 18.7 Å². The Morgan fingerprint density at radius 1 is 1.13 bits per heavy atom. The number of aromatic nitrogens is 1. The molecule has 2 heterocycles. The van der Waals surface area contributed by atoms with E-state index >= 15 is 8.78 Å². The van der Waals surface area contributed by atoms with Gasteiger partial charge in [0.25, 0.3) is 0 Å². The number of hydrogen-bond acceptors (Lipinski definition) is 4. The Kier molecular flexibility index (Phi) is 4.57. The fraction of sp³-hybridized carbons (Fsp3) is 0.545. The highest BCUT2D eigenvalue weighted by Crippen LogP contribution is 2.42. The van der Waals surface area contributed by atoms with Gasteiger partial charge in [0.1, 0.15) is 17.1 Å². The molecule has 1 aliphatic heterocycles. The van der Waals surface area contributed by atoms with Crippen LogP contribution < -0.4 is 16.1 Å². The highest BCUT2D eigenvalue weighted by Gasteiger charge is 2.40. The molecule has 3 atom stereocenters. The van der Waals surface area contributed by atoms with E-state index in [1.807, 2.05) is 0 Å². The lowest BCUT2D eigenvalue weighted by atomic mass is 9.88. The quantitative estimate of drug-likeness (QED) is 0.800. The Bertz CT molecular complexity index is 1100. The summed E-state index contributed by atoms with van der Waals surface area (Å²) in [6, 6.07) is 0.962. The molecule has 0 amide bonds. The number of hydrogen-bond donors (Lipinski definition) is 2. The Morgan fingerprint density at radius 2 is 1.87 bits per heavy atom. The van der Waals surface area contributed by atoms with Crippen molar-refractivity contribution in [1.82, 2.24) is 4.57 Å². The molecule has 3 N–H and O–H groups in total. The fourth-order valence-electron chi connectivity index (χ4n) is 5.38. The van der Waals surface area contributed by atoms with E-state index in [0.29, 0.717) is 19.0 Å². The van der Waals surface area contributed by atoms with E-state index in [4.69, 9.17) is 5.73 Å². The standard InChI is InChI=1S/C22H25F2N3O3/c23-16-7-13-19(27(12-5-6-12)10-15(21(13)28)22(29)30)18(24)20(16)26-8-11-3-1-2-4-17(25)14(11)9-26/h7,10-12,14,17H,1-6,8-9,25H2,(H,29,30)/t11-,14+,17+/m0/s1. The van der Waals surface area contributed by atoms with Gasteiger partial charge in [-0.3, -0.25) is 4.79 Å². The first-order valence-electron chi connectivity index (χ1n) is 10.7. The molecule has 0 bridgehead atoms. The Labute approximate surface area is 172 Å². The lowest BCUT2D eigenvalue weighted by Crippen LogP contribution is -2.34. The van der Waals surface area contributed by atoms with Gasteiger partial charge in [0.2, 0.25) is 5.43 Å². The van der Waals surface area contributed by atoms with Gasteiger partial charge in [-0.25, -0.2) is 13.6 Å². The third-order valence-electron chi connectivity index (χ3n) is 7.07. The average Bonchev–Trinajstić information content (AvgIpc) is 3.48. The molecule has 3 fully saturated rings. The van der Waals surface area contributed by atoms with E-state index in [0.717, 1.165) is 44.6 Å². The molecule has 2 saturated carbocycles. The minimum Gasteiger partial charge on any atom is -0.477 e. The molecule has 2 aliphatic carbocycles. The van der Waals surface area contributed by atoms with Gasteiger partial charge in [0, 0.05) is 31.4 Å². The Hall–Kier alpha value is -2.48. The maximum Gasteiger partial charge on any atom is 0.341 e. The molecular weight excluding hydrogens is 392 g/mol. The first kappa shape index (κ1) is 19.5. The molecule has 0 unspecified atom stereocenters. The zero-order valence-corrected chi connectivity index (χ0v) is 16.6. The molecule has 1 aromatic heterocycles. The molecule has 160 valence electrons. The third-order valence-corrected chi connectivity index (χ3v) is 7.07. The number of nitrogens with two attached hydrogens (primary N) is 1. The van der Waals surface area contributed by atoms with Gasteiger partial charge in [0.15, 0.2) is 5.82 Å². The number of benzene rings is 1. The number of carbonyl (C=O) groups is 1. The largest absolute Gasteiger partial charge is 0.477 e. The molecule has 6 nitrogen and oxygen atoms in total. The first-order chi connectivity index (χ1) is 14.4. The Morgan fingerprint density at radius 3 is 2.57 bits per heavy atom. The van der Waals surface area contributed by atoms with Crippen LogP contribution in [-0.4, -0.2) is 34.8 Å². The summed E-state index contributed by atoms with van der Waals surface area (Å²) in [5, 5.41) is 9.15. The molecule has 2 aromatic rings. The number of aromatic carboxylic acids is 1. The zero-order chi connectivity index (χ0) is 21.2. The minimum absolute atomic E-state index is 0.000271. The number of rotatable bonds is 3. The fourth-order valence-corrected chi connectivity index (χ4v) is 5.38. The molecular formula is C22H25F2N3O3. The van der Waals surface area contributed by atoms with Crippen LogP contribution in [0.15, 0.2) is 17.1 Å². The van der Waals surface area contributed by atoms with E-state index in [9.17, 15) is 14.7 Å². The van der Waals surface area contributed by atoms with Crippen molar-refractivity contribution in [3.63, 3.8) is 0 Å². The summed E-state index contributed by atoms with van der Waals surface area (Å²) >= 11 is 0. The summed E-state index contributed by atoms with van der Waals surface area (Å²) < 4.78 is 32.4. The molecule has 0 spiro atoms. The molecule has 0 radical (unpaired) electrons. The first-order valence-corrected chi connectivity index (χ1v) is 10.7. The van der Waals surface area contributed by atoms with Crippen molar-refractivity contribution in [3.05, 3.63) is 39.7 Å². The van der Waals surface area contributed by atoms with Crippen LogP contribution in [0.1, 0.15) is 54.9 Å². The van der Waals surface area contributed by atoms with E-state index in [1.165, 1.54) is 10.8 Å². The van der Waals surface area contributed by atoms with Crippen molar-refractivity contribution in [2.24, 2.45) is 17.6 Å². The van der Waals surface area contributed by atoms with Crippen molar-refractivity contribution in [2.45, 2.75) is 50.6 Å². The summed E-state index contributed by atoms with van der Waals surface area (Å²) in [6.07, 6.45) is 6.84. The predicted octanol–water partition coefficient (Wildman–Crippen LogP) is 3.27. The molecule has 30 heavy (non-hydrogen) atoms. The monoisotopic (exact) mass is 417 g/mol. The number of carboxylic acids is 1. The molecule has 1 saturated heterocycles. The van der Waals surface area contributed by atoms with E-state index in [-0.39, 0.29) is 34.6 Å². The second-order valence-electron chi connectivity index (χ2n) is 9.01. The smallest absolute Gasteiger partial charge is 0.341 e. The van der Waals surface area contributed by atoms with Crippen LogP contribution in [0.5, 0.6) is 0 Å². The lowest BCUT2D eigenvalue weighted by Gasteiger charge is -2.24. The molecule has 1 aromatic carbocycles. The van der Waals surface area contributed by atoms with E-state index < -0.39 is 28.6 Å². The topological polar surface area (TPSA) is 88.6 Å². The zero-order valence-electron chi connectivity index (χ0n) is 16.6. The number of fused-ring (bicyclic) bond motifs is 2. The van der Waals surface area contributed by atoms with Crippen molar-refractivity contribution in [2.75, 3.05) is 18.0 Å². The lowest BCUT2D eigenvalue weighted by molar-refractivity contribution is 0.0694. The highest BCUT2D eigenvalue weighted by molar-refractivity contribution is 5.94. The summed E-state index contributed by atoms with van der Waals surface area (Å²) in [7, 11) is 0. The summed E-state index contributed by atoms with van der Waals surface area (Å²) in [4.78, 5) is 25.9. The average molecular weight is 417 g/mol. The van der Waals surface area contributed by atoms with Crippen LogP contribution >= 0.6 is 0 Å². The maximum absolute atomic E-state index is 15.8. The summed E-state index contributed by atoms with van der Waals surface area (Å²) in [6.45, 7) is 1.03. The van der Waals surface area contributed by atoms with Gasteiger partial charge < -0.3 is 20.3 Å². The number of pyridine rings is 1. The molecule has 5 rings (SSSR count). The van der Waals surface area contributed by atoms with Crippen LogP contribution in [-0.2, 0) is 0 Å². The predicted molar refractivity (Wildman–Crippen MR) is 109 cm³/mol. The second kappa shape index (κ2) is 7.04. The maximum atomic E-state index is 15.8. The van der Waals surface area contributed by atoms with Gasteiger partial charge in [-0.05, 0) is 43.6 Å². The Balaban J connectivity index is 1.66. The van der Waals surface area contributed by atoms with E-state index in [2.05, 4.69) is 0 Å². The van der Waals surface area contributed by atoms with Gasteiger partial charge in [0.05, 0.1) is 10.9 Å². The van der Waals surface area contributed by atoms with Crippen molar-refractivity contribution in [1.29, 1.82) is 0 Å². The van der Waals surface area contributed by atoms with Crippen molar-refractivity contribution >= 4 is 22.6 Å². The highest BCUT2D eigenvalue weighted by atomic mass is 19.1. The van der Waals surface area contributed by atoms with E-state index in [1.54, 1.807) is 4.90 Å². The van der Waals surface area contributed by atoms with Gasteiger partial charge in [-0.15, -0.1) is 0 Å². The number of anilines is 1. The van der Waals surface area contributed by atoms with Crippen LogP contribution in [0.25, 0.3) is 10.9 Å². The van der Waals surface area contributed by atoms with Crippen LogP contribution in [0, 0.1) is 23.5 Å². The summed E-state index contributed by atoms with van der Waals surface area (Å²) in [5.74, 6) is -2.50. The summed E-state index contributed by atoms with van der Waals surface area (Å²) in [5.41, 5.74) is 4.91. The SMILES string of the molecule is N[C@@H]1CCCC[C@H]2CN(c3c(F)cc4c(=O)c(C(=O)O)cn(C5CC5)c4c3F)C[C@H]21. The van der Waals surface area contributed by atoms with Crippen LogP contribution in [0.3, 0.4) is 0 Å². The third kappa shape index (κ3) is 3.00. The van der Waals surface area contributed by atoms with Crippen LogP contribution in [0.4, 0.5) is 14.5 Å². The van der Waals surface area contributed by atoms with Crippen molar-refractivity contribution in [3.8, 4) is 0 Å². The van der Waals surface area contributed by atoms with Gasteiger partial charge in [-0.1, -0.05) is 12.8 Å². The second-order valence-corrected chi connectivity index (χ2v) is 9.01. The van der Waals surface area contributed by atoms with Gasteiger partial charge in [-0.2, -0.15) is 0 Å². The normalized spacial score (nSPS) is 26.6. The number of halogens is 2.